The fraction of sp³-hybridized carbons (Fsp3) is 0.579. The Morgan fingerprint density at radius 2 is 1.70 bits per heavy atom. The van der Waals surface area contributed by atoms with Gasteiger partial charge >= 0.3 is 6.18 Å². The van der Waals surface area contributed by atoms with Crippen LogP contribution >= 0.6 is 0 Å². The third-order valence-electron chi connectivity index (χ3n) is 5.55. The standard InChI is InChI=1S/C19H23F3N2O3/c1-11(25)23-16-7-13-9-24(10-14(13)8-17(16)27-2)18(26)12-3-5-15(6-4-12)19(20,21)22/h3-6,13-14,16-17H,7-10H2,1-2H3,(H,23,25)/t13-,14+,16-,17-/m1/s1. The first-order chi connectivity index (χ1) is 12.7. The molecule has 1 aromatic carbocycles. The number of ether oxygens (including phenoxy) is 1. The minimum absolute atomic E-state index is 0.0881. The summed E-state index contributed by atoms with van der Waals surface area (Å²) in [6, 6.07) is 4.24. The Bertz CT molecular complexity index is 705. The van der Waals surface area contributed by atoms with E-state index in [9.17, 15) is 22.8 Å². The van der Waals surface area contributed by atoms with Crippen molar-refractivity contribution in [1.82, 2.24) is 10.2 Å². The molecule has 27 heavy (non-hydrogen) atoms. The van der Waals surface area contributed by atoms with E-state index in [4.69, 9.17) is 4.74 Å². The predicted molar refractivity (Wildman–Crippen MR) is 92.0 cm³/mol. The summed E-state index contributed by atoms with van der Waals surface area (Å²) < 4.78 is 43.6. The van der Waals surface area contributed by atoms with Crippen LogP contribution in [0.1, 0.15) is 35.7 Å². The largest absolute Gasteiger partial charge is 0.416 e. The zero-order valence-electron chi connectivity index (χ0n) is 15.3. The van der Waals surface area contributed by atoms with Crippen molar-refractivity contribution >= 4 is 11.8 Å². The average Bonchev–Trinajstić information content (AvgIpc) is 3.02. The number of carbonyl (C=O) groups excluding carboxylic acids is 2. The molecule has 1 aliphatic heterocycles. The van der Waals surface area contributed by atoms with E-state index in [1.54, 1.807) is 12.0 Å². The zero-order chi connectivity index (χ0) is 19.8. The number of amides is 2. The Morgan fingerprint density at radius 1 is 1.11 bits per heavy atom. The second-order valence-corrected chi connectivity index (χ2v) is 7.36. The van der Waals surface area contributed by atoms with Gasteiger partial charge in [0.2, 0.25) is 5.91 Å². The smallest absolute Gasteiger partial charge is 0.379 e. The maximum Gasteiger partial charge on any atom is 0.416 e. The molecule has 2 amide bonds. The van der Waals surface area contributed by atoms with Gasteiger partial charge in [-0.15, -0.1) is 0 Å². The number of hydrogen-bond donors (Lipinski definition) is 1. The van der Waals surface area contributed by atoms with Gasteiger partial charge in [0.15, 0.2) is 0 Å². The Morgan fingerprint density at radius 3 is 2.22 bits per heavy atom. The van der Waals surface area contributed by atoms with E-state index < -0.39 is 11.7 Å². The molecule has 1 N–H and O–H groups in total. The second kappa shape index (κ2) is 7.50. The van der Waals surface area contributed by atoms with E-state index in [0.717, 1.165) is 25.0 Å². The predicted octanol–water partition coefficient (Wildman–Crippen LogP) is 2.71. The fourth-order valence-corrected chi connectivity index (χ4v) is 4.24. The van der Waals surface area contributed by atoms with Crippen molar-refractivity contribution in [2.45, 2.75) is 38.1 Å². The van der Waals surface area contributed by atoms with Gasteiger partial charge in [-0.3, -0.25) is 9.59 Å². The minimum Gasteiger partial charge on any atom is -0.379 e. The highest BCUT2D eigenvalue weighted by Crippen LogP contribution is 2.38. The van der Waals surface area contributed by atoms with Crippen LogP contribution in [-0.4, -0.2) is 49.1 Å². The van der Waals surface area contributed by atoms with Crippen LogP contribution in [0.3, 0.4) is 0 Å². The number of likely N-dealkylation sites (tertiary alicyclic amines) is 1. The number of nitrogens with zero attached hydrogens (tertiary/aromatic N) is 1. The lowest BCUT2D eigenvalue weighted by Gasteiger charge is -2.37. The minimum atomic E-state index is -4.42. The number of nitrogens with one attached hydrogen (secondary N) is 1. The molecule has 1 saturated carbocycles. The number of methoxy groups -OCH3 is 1. The van der Waals surface area contributed by atoms with E-state index in [2.05, 4.69) is 5.32 Å². The number of rotatable bonds is 3. The zero-order valence-corrected chi connectivity index (χ0v) is 15.3. The monoisotopic (exact) mass is 384 g/mol. The molecule has 5 nitrogen and oxygen atoms in total. The highest BCUT2D eigenvalue weighted by molar-refractivity contribution is 5.94. The van der Waals surface area contributed by atoms with Crippen LogP contribution in [0.2, 0.25) is 0 Å². The van der Waals surface area contributed by atoms with E-state index in [0.29, 0.717) is 13.1 Å². The van der Waals surface area contributed by atoms with Crippen LogP contribution in [0.5, 0.6) is 0 Å². The lowest BCUT2D eigenvalue weighted by Crippen LogP contribution is -2.49. The van der Waals surface area contributed by atoms with Crippen LogP contribution in [0.4, 0.5) is 13.2 Å². The summed E-state index contributed by atoms with van der Waals surface area (Å²) in [7, 11) is 1.61. The van der Waals surface area contributed by atoms with Crippen molar-refractivity contribution < 1.29 is 27.5 Å². The Balaban J connectivity index is 1.68. The maximum atomic E-state index is 12.7. The molecular weight excluding hydrogens is 361 g/mol. The first kappa shape index (κ1) is 19.7. The molecule has 1 aliphatic carbocycles. The molecule has 148 valence electrons. The number of alkyl halides is 3. The van der Waals surface area contributed by atoms with Crippen LogP contribution in [-0.2, 0) is 15.7 Å². The summed E-state index contributed by atoms with van der Waals surface area (Å²) in [5.41, 5.74) is -0.515. The fourth-order valence-electron chi connectivity index (χ4n) is 4.24. The van der Waals surface area contributed by atoms with Crippen molar-refractivity contribution in [3.05, 3.63) is 35.4 Å². The Labute approximate surface area is 155 Å². The lowest BCUT2D eigenvalue weighted by molar-refractivity contribution is -0.137. The molecular formula is C19H23F3N2O3. The van der Waals surface area contributed by atoms with Crippen LogP contribution in [0.25, 0.3) is 0 Å². The normalized spacial score (nSPS) is 28.0. The number of halogens is 3. The van der Waals surface area contributed by atoms with Crippen LogP contribution in [0, 0.1) is 11.8 Å². The second-order valence-electron chi connectivity index (χ2n) is 7.36. The highest BCUT2D eigenvalue weighted by atomic mass is 19.4. The summed E-state index contributed by atoms with van der Waals surface area (Å²) in [6.45, 7) is 2.56. The van der Waals surface area contributed by atoms with Crippen LogP contribution in [0.15, 0.2) is 24.3 Å². The molecule has 2 fully saturated rings. The molecule has 1 saturated heterocycles. The van der Waals surface area contributed by atoms with E-state index >= 15 is 0 Å². The quantitative estimate of drug-likeness (QED) is 0.872. The maximum absolute atomic E-state index is 12.7. The number of carbonyl (C=O) groups is 2. The summed E-state index contributed by atoms with van der Waals surface area (Å²) in [4.78, 5) is 25.8. The molecule has 8 heteroatoms. The Hall–Kier alpha value is -2.09. The van der Waals surface area contributed by atoms with Gasteiger partial charge in [-0.05, 0) is 48.9 Å². The molecule has 3 rings (SSSR count). The average molecular weight is 384 g/mol. The third kappa shape index (κ3) is 4.26. The van der Waals surface area contributed by atoms with Crippen molar-refractivity contribution in [2.24, 2.45) is 11.8 Å². The molecule has 0 bridgehead atoms. The van der Waals surface area contributed by atoms with E-state index in [1.807, 2.05) is 0 Å². The molecule has 1 aromatic rings. The van der Waals surface area contributed by atoms with Crippen molar-refractivity contribution in [2.75, 3.05) is 20.2 Å². The van der Waals surface area contributed by atoms with Gasteiger partial charge in [0, 0.05) is 32.7 Å². The topological polar surface area (TPSA) is 58.6 Å². The summed E-state index contributed by atoms with van der Waals surface area (Å²) >= 11 is 0. The van der Waals surface area contributed by atoms with Crippen molar-refractivity contribution in [3.8, 4) is 0 Å². The first-order valence-electron chi connectivity index (χ1n) is 8.95. The third-order valence-corrected chi connectivity index (χ3v) is 5.55. The van der Waals surface area contributed by atoms with Gasteiger partial charge in [-0.25, -0.2) is 0 Å². The van der Waals surface area contributed by atoms with E-state index in [1.165, 1.54) is 19.1 Å². The van der Waals surface area contributed by atoms with E-state index in [-0.39, 0.29) is 41.4 Å². The summed E-state index contributed by atoms with van der Waals surface area (Å²) in [6.07, 6.45) is -3.06. The SMILES string of the molecule is CO[C@@H]1C[C@H]2CN(C(=O)c3ccc(C(F)(F)F)cc3)C[C@H]2C[C@H]1NC(C)=O. The van der Waals surface area contributed by atoms with Gasteiger partial charge in [0.1, 0.15) is 0 Å². The molecule has 0 spiro atoms. The van der Waals surface area contributed by atoms with Crippen molar-refractivity contribution in [3.63, 3.8) is 0 Å². The Kier molecular flexibility index (Phi) is 5.46. The van der Waals surface area contributed by atoms with Gasteiger partial charge in [0.05, 0.1) is 17.7 Å². The van der Waals surface area contributed by atoms with Crippen molar-refractivity contribution in [1.29, 1.82) is 0 Å². The number of benzene rings is 1. The molecule has 2 aliphatic rings. The van der Waals surface area contributed by atoms with Gasteiger partial charge < -0.3 is 15.0 Å². The molecule has 0 radical (unpaired) electrons. The van der Waals surface area contributed by atoms with Gasteiger partial charge in [-0.2, -0.15) is 13.2 Å². The molecule has 0 aromatic heterocycles. The lowest BCUT2D eigenvalue weighted by atomic mass is 9.77. The van der Waals surface area contributed by atoms with Crippen LogP contribution < -0.4 is 5.32 Å². The summed E-state index contributed by atoms with van der Waals surface area (Å²) in [5.74, 6) is 0.129. The van der Waals surface area contributed by atoms with Gasteiger partial charge in [0.25, 0.3) is 5.91 Å². The number of hydrogen-bond acceptors (Lipinski definition) is 3. The first-order valence-corrected chi connectivity index (χ1v) is 8.95. The van der Waals surface area contributed by atoms with Gasteiger partial charge in [-0.1, -0.05) is 0 Å². The summed E-state index contributed by atoms with van der Waals surface area (Å²) in [5, 5.41) is 2.92. The molecule has 1 heterocycles. The molecule has 4 atom stereocenters. The number of fused-ring (bicyclic) bond motifs is 1. The molecule has 0 unspecified atom stereocenters. The highest BCUT2D eigenvalue weighted by Gasteiger charge is 2.44.